The Balaban J connectivity index is 2.62. The quantitative estimate of drug-likeness (QED) is 0.670. The molecule has 0 amide bonds. The number of phosphoric acid groups is 1. The lowest BCUT2D eigenvalue weighted by Gasteiger charge is -2.35. The van der Waals surface area contributed by atoms with Gasteiger partial charge < -0.3 is 0 Å². The van der Waals surface area contributed by atoms with Crippen LogP contribution in [0.5, 0.6) is 0 Å². The van der Waals surface area contributed by atoms with Crippen LogP contribution in [0.15, 0.2) is 0 Å². The Hall–Kier alpha value is 0.110. The molecule has 0 aliphatic heterocycles. The normalized spacial score (nSPS) is 20.9. The third-order valence-corrected chi connectivity index (χ3v) is 4.63. The van der Waals surface area contributed by atoms with Crippen molar-refractivity contribution in [3.05, 3.63) is 0 Å². The average molecular weight is 250 g/mol. The fraction of sp³-hybridized carbons (Fsp3) is 1.00. The minimum atomic E-state index is -3.35. The third kappa shape index (κ3) is 4.17. The van der Waals surface area contributed by atoms with Crippen LogP contribution in [-0.4, -0.2) is 18.8 Å². The summed E-state index contributed by atoms with van der Waals surface area (Å²) in [5.41, 5.74) is -0.349. The molecule has 0 spiro atoms. The van der Waals surface area contributed by atoms with Gasteiger partial charge in [0.15, 0.2) is 0 Å². The second-order valence-corrected chi connectivity index (χ2v) is 5.98. The van der Waals surface area contributed by atoms with Gasteiger partial charge in [0.05, 0.1) is 18.8 Å². The maximum absolute atomic E-state index is 12.2. The maximum atomic E-state index is 12.2. The molecule has 1 fully saturated rings. The molecule has 0 radical (unpaired) electrons. The van der Waals surface area contributed by atoms with E-state index in [1.807, 2.05) is 6.92 Å². The van der Waals surface area contributed by atoms with Gasteiger partial charge in [-0.15, -0.1) is 0 Å². The summed E-state index contributed by atoms with van der Waals surface area (Å²) in [5.74, 6) is 0. The number of phosphoric ester groups is 1. The van der Waals surface area contributed by atoms with Crippen molar-refractivity contribution in [2.75, 3.05) is 13.2 Å². The minimum Gasteiger partial charge on any atom is -0.287 e. The van der Waals surface area contributed by atoms with Gasteiger partial charge in [-0.1, -0.05) is 19.3 Å². The molecule has 1 rings (SSSR count). The van der Waals surface area contributed by atoms with E-state index in [9.17, 15) is 4.57 Å². The Morgan fingerprint density at radius 2 is 1.56 bits per heavy atom. The van der Waals surface area contributed by atoms with Crippen LogP contribution in [0.4, 0.5) is 0 Å². The van der Waals surface area contributed by atoms with Gasteiger partial charge in [0.25, 0.3) is 0 Å². The monoisotopic (exact) mass is 250 g/mol. The highest BCUT2D eigenvalue weighted by atomic mass is 31.2. The van der Waals surface area contributed by atoms with E-state index in [-0.39, 0.29) is 5.60 Å². The third-order valence-electron chi connectivity index (χ3n) is 2.82. The molecule has 0 bridgehead atoms. The van der Waals surface area contributed by atoms with Crippen molar-refractivity contribution in [1.29, 1.82) is 0 Å². The zero-order valence-corrected chi connectivity index (χ0v) is 11.4. The molecule has 5 heteroatoms. The first-order valence-corrected chi connectivity index (χ1v) is 7.59. The minimum absolute atomic E-state index is 0.341. The van der Waals surface area contributed by atoms with E-state index in [0.29, 0.717) is 13.2 Å². The smallest absolute Gasteiger partial charge is 0.287 e. The van der Waals surface area contributed by atoms with Gasteiger partial charge in [-0.3, -0.25) is 13.6 Å². The van der Waals surface area contributed by atoms with Gasteiger partial charge >= 0.3 is 7.82 Å². The van der Waals surface area contributed by atoms with Gasteiger partial charge in [-0.2, -0.15) is 0 Å². The summed E-state index contributed by atoms with van der Waals surface area (Å²) in [4.78, 5) is 0. The largest absolute Gasteiger partial charge is 0.475 e. The molecular formula is C11H23O4P. The second-order valence-electron chi connectivity index (χ2n) is 4.38. The van der Waals surface area contributed by atoms with Crippen molar-refractivity contribution in [2.45, 2.75) is 58.5 Å². The van der Waals surface area contributed by atoms with Crippen molar-refractivity contribution in [3.8, 4) is 0 Å². The Morgan fingerprint density at radius 1 is 1.06 bits per heavy atom. The molecule has 0 N–H and O–H groups in total. The van der Waals surface area contributed by atoms with Gasteiger partial charge in [0.2, 0.25) is 0 Å². The lowest BCUT2D eigenvalue weighted by atomic mass is 9.87. The molecule has 0 aromatic heterocycles. The van der Waals surface area contributed by atoms with Crippen LogP contribution in [-0.2, 0) is 18.1 Å². The van der Waals surface area contributed by atoms with Crippen LogP contribution in [0, 0.1) is 0 Å². The summed E-state index contributed by atoms with van der Waals surface area (Å²) < 4.78 is 28.2. The van der Waals surface area contributed by atoms with Crippen molar-refractivity contribution in [2.24, 2.45) is 0 Å². The van der Waals surface area contributed by atoms with E-state index < -0.39 is 7.82 Å². The molecule has 0 unspecified atom stereocenters. The molecule has 0 heterocycles. The fourth-order valence-electron chi connectivity index (χ4n) is 2.07. The first-order chi connectivity index (χ1) is 7.54. The molecule has 0 atom stereocenters. The number of hydrogen-bond acceptors (Lipinski definition) is 4. The zero-order chi connectivity index (χ0) is 12.1. The Bertz CT molecular complexity index is 238. The first-order valence-electron chi connectivity index (χ1n) is 6.13. The van der Waals surface area contributed by atoms with Crippen LogP contribution in [0.3, 0.4) is 0 Å². The maximum Gasteiger partial charge on any atom is 0.475 e. The van der Waals surface area contributed by atoms with E-state index in [0.717, 1.165) is 25.7 Å². The van der Waals surface area contributed by atoms with Crippen molar-refractivity contribution in [3.63, 3.8) is 0 Å². The highest BCUT2D eigenvalue weighted by molar-refractivity contribution is 7.48. The fourth-order valence-corrected chi connectivity index (χ4v) is 3.60. The summed E-state index contributed by atoms with van der Waals surface area (Å²) in [6.45, 7) is 6.26. The van der Waals surface area contributed by atoms with Crippen LogP contribution in [0.25, 0.3) is 0 Å². The van der Waals surface area contributed by atoms with Gasteiger partial charge in [0, 0.05) is 0 Å². The molecule has 96 valence electrons. The summed E-state index contributed by atoms with van der Waals surface area (Å²) in [6, 6.07) is 0. The SMILES string of the molecule is CCOP(=O)(OCC)OC1(C)CCCCC1. The lowest BCUT2D eigenvalue weighted by Crippen LogP contribution is -2.30. The number of rotatable bonds is 6. The predicted molar refractivity (Wildman–Crippen MR) is 63.4 cm³/mol. The van der Waals surface area contributed by atoms with Gasteiger partial charge in [0.1, 0.15) is 0 Å². The van der Waals surface area contributed by atoms with Crippen molar-refractivity contribution >= 4 is 7.82 Å². The van der Waals surface area contributed by atoms with E-state index in [2.05, 4.69) is 0 Å². The molecule has 1 aliphatic rings. The standard InChI is InChI=1S/C11H23O4P/c1-4-13-16(12,14-5-2)15-11(3)9-7-6-8-10-11/h4-10H2,1-3H3. The Kier molecular flexibility index (Phi) is 5.45. The molecule has 1 aliphatic carbocycles. The van der Waals surface area contributed by atoms with Crippen molar-refractivity contribution < 1.29 is 18.1 Å². The summed E-state index contributed by atoms with van der Waals surface area (Å²) >= 11 is 0. The first kappa shape index (κ1) is 14.2. The van der Waals surface area contributed by atoms with E-state index in [1.54, 1.807) is 13.8 Å². The highest BCUT2D eigenvalue weighted by Gasteiger charge is 2.38. The zero-order valence-electron chi connectivity index (χ0n) is 10.5. The molecular weight excluding hydrogens is 227 g/mol. The van der Waals surface area contributed by atoms with Crippen LogP contribution in [0.1, 0.15) is 52.9 Å². The topological polar surface area (TPSA) is 44.8 Å². The summed E-state index contributed by atoms with van der Waals surface area (Å²) in [5, 5.41) is 0. The molecule has 4 nitrogen and oxygen atoms in total. The van der Waals surface area contributed by atoms with E-state index >= 15 is 0 Å². The molecule has 0 aromatic rings. The van der Waals surface area contributed by atoms with E-state index in [4.69, 9.17) is 13.6 Å². The Labute approximate surface area is 98.3 Å². The second kappa shape index (κ2) is 6.15. The van der Waals surface area contributed by atoms with Crippen molar-refractivity contribution in [1.82, 2.24) is 0 Å². The van der Waals surface area contributed by atoms with Crippen LogP contribution < -0.4 is 0 Å². The predicted octanol–water partition coefficient (Wildman–Crippen LogP) is 3.91. The van der Waals surface area contributed by atoms with Gasteiger partial charge in [-0.05, 0) is 33.6 Å². The van der Waals surface area contributed by atoms with Crippen LogP contribution >= 0.6 is 7.82 Å². The molecule has 1 saturated carbocycles. The van der Waals surface area contributed by atoms with Crippen LogP contribution in [0.2, 0.25) is 0 Å². The highest BCUT2D eigenvalue weighted by Crippen LogP contribution is 2.54. The lowest BCUT2D eigenvalue weighted by molar-refractivity contribution is -0.000650. The van der Waals surface area contributed by atoms with Gasteiger partial charge in [-0.25, -0.2) is 4.57 Å². The number of hydrogen-bond donors (Lipinski definition) is 0. The summed E-state index contributed by atoms with van der Waals surface area (Å²) in [6.07, 6.45) is 5.32. The molecule has 0 aromatic carbocycles. The average Bonchev–Trinajstić information content (AvgIpc) is 2.17. The molecule has 0 saturated heterocycles. The molecule has 16 heavy (non-hydrogen) atoms. The Morgan fingerprint density at radius 3 is 2.00 bits per heavy atom. The van der Waals surface area contributed by atoms with E-state index in [1.165, 1.54) is 6.42 Å². The summed E-state index contributed by atoms with van der Waals surface area (Å²) in [7, 11) is -3.35.